The molecule has 0 fully saturated rings. The number of hydrogen-bond acceptors (Lipinski definition) is 4. The summed E-state index contributed by atoms with van der Waals surface area (Å²) in [5.41, 5.74) is -0.287. The zero-order valence-electron chi connectivity index (χ0n) is 11.1. The summed E-state index contributed by atoms with van der Waals surface area (Å²) in [4.78, 5) is 3.89. The Morgan fingerprint density at radius 3 is 2.71 bits per heavy atom. The van der Waals surface area contributed by atoms with Crippen molar-refractivity contribution in [3.63, 3.8) is 0 Å². The number of para-hydroxylation sites is 1. The molecule has 0 aliphatic heterocycles. The van der Waals surface area contributed by atoms with Crippen LogP contribution in [-0.2, 0) is 10.0 Å². The second kappa shape index (κ2) is 6.28. The first-order chi connectivity index (χ1) is 9.95. The quantitative estimate of drug-likeness (QED) is 0.884. The minimum atomic E-state index is -4.01. The predicted molar refractivity (Wildman–Crippen MR) is 80.6 cm³/mol. The van der Waals surface area contributed by atoms with Crippen molar-refractivity contribution in [2.75, 3.05) is 16.6 Å². The van der Waals surface area contributed by atoms with Crippen LogP contribution >= 0.6 is 11.6 Å². The van der Waals surface area contributed by atoms with E-state index in [-0.39, 0.29) is 21.4 Å². The van der Waals surface area contributed by atoms with Gasteiger partial charge in [-0.15, -0.1) is 0 Å². The number of halogens is 2. The highest BCUT2D eigenvalue weighted by Crippen LogP contribution is 2.28. The molecule has 0 saturated heterocycles. The summed E-state index contributed by atoms with van der Waals surface area (Å²) in [7, 11) is -4.01. The number of hydrogen-bond donors (Lipinski definition) is 2. The molecule has 0 spiro atoms. The maximum Gasteiger partial charge on any atom is 0.265 e. The highest BCUT2D eigenvalue weighted by Gasteiger charge is 2.22. The summed E-state index contributed by atoms with van der Waals surface area (Å²) in [5, 5.41) is 2.82. The molecule has 1 heterocycles. The fraction of sp³-hybridized carbons (Fsp3) is 0.154. The first-order valence-corrected chi connectivity index (χ1v) is 7.97. The van der Waals surface area contributed by atoms with Crippen molar-refractivity contribution in [2.24, 2.45) is 0 Å². The Hall–Kier alpha value is -1.86. The standard InChI is InChI=1S/C13H13ClFN3O2S/c1-2-16-13-11(7-4-8-17-13)21(19,20)18-12-9(14)5-3-6-10(12)15/h3-8,18H,2H2,1H3,(H,16,17). The van der Waals surface area contributed by atoms with Gasteiger partial charge in [0.25, 0.3) is 10.0 Å². The molecule has 0 radical (unpaired) electrons. The molecule has 0 aliphatic rings. The molecule has 0 amide bonds. The van der Waals surface area contributed by atoms with Gasteiger partial charge < -0.3 is 5.32 Å². The van der Waals surface area contributed by atoms with Gasteiger partial charge in [-0.2, -0.15) is 0 Å². The van der Waals surface area contributed by atoms with Gasteiger partial charge in [0.2, 0.25) is 0 Å². The van der Waals surface area contributed by atoms with Crippen molar-refractivity contribution < 1.29 is 12.8 Å². The second-order valence-corrected chi connectivity index (χ2v) is 6.14. The van der Waals surface area contributed by atoms with Crippen LogP contribution in [0.25, 0.3) is 0 Å². The second-order valence-electron chi connectivity index (χ2n) is 4.08. The van der Waals surface area contributed by atoms with Gasteiger partial charge in [-0.25, -0.2) is 17.8 Å². The molecule has 8 heteroatoms. The molecule has 0 saturated carbocycles. The van der Waals surface area contributed by atoms with Crippen molar-refractivity contribution in [3.8, 4) is 0 Å². The van der Waals surface area contributed by atoms with E-state index in [9.17, 15) is 12.8 Å². The van der Waals surface area contributed by atoms with E-state index >= 15 is 0 Å². The summed E-state index contributed by atoms with van der Waals surface area (Å²) in [6.45, 7) is 2.31. The zero-order valence-corrected chi connectivity index (χ0v) is 12.7. The molecule has 0 atom stereocenters. The van der Waals surface area contributed by atoms with E-state index in [0.29, 0.717) is 6.54 Å². The van der Waals surface area contributed by atoms with Gasteiger partial charge in [0.1, 0.15) is 22.2 Å². The van der Waals surface area contributed by atoms with Crippen LogP contribution < -0.4 is 10.0 Å². The van der Waals surface area contributed by atoms with Crippen LogP contribution in [0, 0.1) is 5.82 Å². The fourth-order valence-corrected chi connectivity index (χ4v) is 3.18. The summed E-state index contributed by atoms with van der Waals surface area (Å²) in [6.07, 6.45) is 1.47. The van der Waals surface area contributed by atoms with E-state index in [2.05, 4.69) is 15.0 Å². The summed E-state index contributed by atoms with van der Waals surface area (Å²) < 4.78 is 40.6. The van der Waals surface area contributed by atoms with Gasteiger partial charge in [-0.05, 0) is 31.2 Å². The topological polar surface area (TPSA) is 71.1 Å². The van der Waals surface area contributed by atoms with E-state index in [1.807, 2.05) is 6.92 Å². The van der Waals surface area contributed by atoms with Crippen LogP contribution in [-0.4, -0.2) is 19.9 Å². The number of rotatable bonds is 5. The third kappa shape index (κ3) is 3.43. The van der Waals surface area contributed by atoms with Crippen LogP contribution in [0.5, 0.6) is 0 Å². The zero-order chi connectivity index (χ0) is 15.5. The maximum absolute atomic E-state index is 13.7. The van der Waals surface area contributed by atoms with Crippen molar-refractivity contribution in [2.45, 2.75) is 11.8 Å². The molecule has 5 nitrogen and oxygen atoms in total. The molecule has 2 N–H and O–H groups in total. The maximum atomic E-state index is 13.7. The average Bonchev–Trinajstić information content (AvgIpc) is 2.44. The normalized spacial score (nSPS) is 11.2. The van der Waals surface area contributed by atoms with Gasteiger partial charge in [-0.1, -0.05) is 17.7 Å². The summed E-state index contributed by atoms with van der Waals surface area (Å²) in [6, 6.07) is 6.78. The van der Waals surface area contributed by atoms with E-state index in [4.69, 9.17) is 11.6 Å². The third-order valence-electron chi connectivity index (χ3n) is 2.60. The smallest absolute Gasteiger partial charge is 0.265 e. The number of nitrogens with zero attached hydrogens (tertiary/aromatic N) is 1. The molecule has 21 heavy (non-hydrogen) atoms. The number of pyridine rings is 1. The Morgan fingerprint density at radius 2 is 2.05 bits per heavy atom. The summed E-state index contributed by atoms with van der Waals surface area (Å²) >= 11 is 5.83. The van der Waals surface area contributed by atoms with E-state index in [1.54, 1.807) is 0 Å². The Morgan fingerprint density at radius 1 is 1.29 bits per heavy atom. The lowest BCUT2D eigenvalue weighted by atomic mass is 10.3. The van der Waals surface area contributed by atoms with Crippen LogP contribution in [0.2, 0.25) is 5.02 Å². The Balaban J connectivity index is 2.44. The lowest BCUT2D eigenvalue weighted by molar-refractivity contribution is 0.598. The van der Waals surface area contributed by atoms with Crippen molar-refractivity contribution in [1.82, 2.24) is 4.98 Å². The predicted octanol–water partition coefficient (Wildman–Crippen LogP) is 3.11. The number of aromatic nitrogens is 1. The van der Waals surface area contributed by atoms with Crippen LogP contribution in [0.15, 0.2) is 41.4 Å². The molecule has 112 valence electrons. The molecule has 0 bridgehead atoms. The molecule has 1 aromatic heterocycles. The molecule has 0 unspecified atom stereocenters. The first-order valence-electron chi connectivity index (χ1n) is 6.11. The summed E-state index contributed by atoms with van der Waals surface area (Å²) in [5.74, 6) is -0.556. The van der Waals surface area contributed by atoms with Gasteiger partial charge in [0.05, 0.1) is 5.02 Å². The molecule has 2 aromatic rings. The average molecular weight is 330 g/mol. The van der Waals surface area contributed by atoms with Crippen molar-refractivity contribution in [1.29, 1.82) is 0 Å². The minimum Gasteiger partial charge on any atom is -0.369 e. The van der Waals surface area contributed by atoms with E-state index in [0.717, 1.165) is 6.07 Å². The fourth-order valence-electron chi connectivity index (χ4n) is 1.69. The van der Waals surface area contributed by atoms with Gasteiger partial charge in [-0.3, -0.25) is 4.72 Å². The number of benzene rings is 1. The van der Waals surface area contributed by atoms with E-state index in [1.165, 1.54) is 30.5 Å². The minimum absolute atomic E-state index is 0.0209. The highest BCUT2D eigenvalue weighted by atomic mass is 35.5. The first kappa shape index (κ1) is 15.5. The van der Waals surface area contributed by atoms with Crippen LogP contribution in [0.1, 0.15) is 6.92 Å². The van der Waals surface area contributed by atoms with Crippen molar-refractivity contribution >= 4 is 33.1 Å². The number of sulfonamides is 1. The number of anilines is 2. The Bertz CT molecular complexity index is 733. The molecule has 0 aliphatic carbocycles. The Labute approximate surface area is 127 Å². The van der Waals surface area contributed by atoms with Gasteiger partial charge in [0.15, 0.2) is 0 Å². The lowest BCUT2D eigenvalue weighted by Crippen LogP contribution is -2.17. The largest absolute Gasteiger partial charge is 0.369 e. The number of nitrogens with one attached hydrogen (secondary N) is 2. The third-order valence-corrected chi connectivity index (χ3v) is 4.30. The van der Waals surface area contributed by atoms with Crippen LogP contribution in [0.3, 0.4) is 0 Å². The molecule has 1 aromatic carbocycles. The lowest BCUT2D eigenvalue weighted by Gasteiger charge is -2.13. The molecule has 2 rings (SSSR count). The van der Waals surface area contributed by atoms with Gasteiger partial charge in [0, 0.05) is 12.7 Å². The van der Waals surface area contributed by atoms with Gasteiger partial charge >= 0.3 is 0 Å². The molecular formula is C13H13ClFN3O2S. The highest BCUT2D eigenvalue weighted by molar-refractivity contribution is 7.92. The molecular weight excluding hydrogens is 317 g/mol. The van der Waals surface area contributed by atoms with Crippen LogP contribution in [0.4, 0.5) is 15.9 Å². The van der Waals surface area contributed by atoms with E-state index < -0.39 is 15.8 Å². The van der Waals surface area contributed by atoms with Crippen molar-refractivity contribution in [3.05, 3.63) is 47.4 Å². The Kier molecular flexibility index (Phi) is 4.64. The monoisotopic (exact) mass is 329 g/mol. The SMILES string of the molecule is CCNc1ncccc1S(=O)(=O)Nc1c(F)cccc1Cl.